The van der Waals surface area contributed by atoms with Gasteiger partial charge in [-0.05, 0) is 77.0 Å². The fourth-order valence-corrected chi connectivity index (χ4v) is 12.7. The van der Waals surface area contributed by atoms with Crippen LogP contribution in [0.25, 0.3) is 0 Å². The molecule has 0 aromatic rings. The summed E-state index contributed by atoms with van der Waals surface area (Å²) in [6.07, 6.45) is 96.9. The first-order chi connectivity index (χ1) is 42.5. The van der Waals surface area contributed by atoms with Crippen LogP contribution in [0.1, 0.15) is 450 Å². The van der Waals surface area contributed by atoms with Crippen molar-refractivity contribution in [3.8, 4) is 0 Å². The zero-order valence-corrected chi connectivity index (χ0v) is 58.6. The molecular weight excluding hydrogens is 1050 g/mol. The molecule has 2 unspecified atom stereocenters. The summed E-state index contributed by atoms with van der Waals surface area (Å²) in [7, 11) is 0. The zero-order chi connectivity index (χ0) is 62.0. The molecule has 2 atom stereocenters. The molecule has 0 aliphatic heterocycles. The normalized spacial score (nSPS) is 12.6. The Bertz CT molecular complexity index is 1350. The van der Waals surface area contributed by atoms with Crippen molar-refractivity contribution in [2.45, 2.75) is 463 Å². The van der Waals surface area contributed by atoms with Crippen LogP contribution >= 0.6 is 0 Å². The van der Waals surface area contributed by atoms with Gasteiger partial charge in [0.1, 0.15) is 0 Å². The Morgan fingerprint density at radius 3 is 0.826 bits per heavy atom. The van der Waals surface area contributed by atoms with Gasteiger partial charge in [0, 0.05) is 12.8 Å². The Hall–Kier alpha value is -1.66. The third kappa shape index (κ3) is 71.4. The van der Waals surface area contributed by atoms with E-state index in [9.17, 15) is 19.8 Å². The van der Waals surface area contributed by atoms with Crippen molar-refractivity contribution < 1.29 is 24.5 Å². The van der Waals surface area contributed by atoms with Crippen LogP contribution in [0.3, 0.4) is 0 Å². The van der Waals surface area contributed by atoms with Gasteiger partial charge in [-0.1, -0.05) is 385 Å². The number of esters is 1. The Labute approximate surface area is 539 Å². The molecule has 86 heavy (non-hydrogen) atoms. The zero-order valence-electron chi connectivity index (χ0n) is 58.6. The third-order valence-electron chi connectivity index (χ3n) is 18.7. The molecule has 0 aliphatic carbocycles. The van der Waals surface area contributed by atoms with Crippen LogP contribution in [0.2, 0.25) is 0 Å². The van der Waals surface area contributed by atoms with Crippen molar-refractivity contribution in [1.29, 1.82) is 0 Å². The van der Waals surface area contributed by atoms with Crippen molar-refractivity contribution in [3.05, 3.63) is 24.3 Å². The molecule has 0 aliphatic rings. The molecule has 0 saturated carbocycles. The van der Waals surface area contributed by atoms with Gasteiger partial charge >= 0.3 is 5.97 Å². The molecular formula is C80H155NO5. The van der Waals surface area contributed by atoms with E-state index in [1.54, 1.807) is 0 Å². The first-order valence-corrected chi connectivity index (χ1v) is 39.6. The lowest BCUT2D eigenvalue weighted by Crippen LogP contribution is -2.45. The average Bonchev–Trinajstić information content (AvgIpc) is 3.54. The summed E-state index contributed by atoms with van der Waals surface area (Å²) >= 11 is 0. The maximum atomic E-state index is 12.6. The molecule has 0 heterocycles. The maximum Gasteiger partial charge on any atom is 0.305 e. The topological polar surface area (TPSA) is 95.9 Å². The molecule has 1 amide bonds. The van der Waals surface area contributed by atoms with Crippen LogP contribution in [-0.2, 0) is 14.3 Å². The second kappa shape index (κ2) is 75.8. The van der Waals surface area contributed by atoms with Gasteiger partial charge in [-0.3, -0.25) is 9.59 Å². The van der Waals surface area contributed by atoms with Crippen LogP contribution in [0.15, 0.2) is 24.3 Å². The molecule has 0 spiro atoms. The van der Waals surface area contributed by atoms with E-state index < -0.39 is 12.1 Å². The number of rotatable bonds is 75. The first-order valence-electron chi connectivity index (χ1n) is 39.6. The monoisotopic (exact) mass is 1210 g/mol. The number of carbonyl (C=O) groups is 2. The minimum absolute atomic E-state index is 0.0152. The quantitative estimate of drug-likeness (QED) is 0.0320. The minimum atomic E-state index is -0.667. The molecule has 0 aromatic carbocycles. The lowest BCUT2D eigenvalue weighted by Gasteiger charge is -2.22. The Balaban J connectivity index is 3.38. The van der Waals surface area contributed by atoms with Gasteiger partial charge in [-0.25, -0.2) is 0 Å². The molecule has 0 radical (unpaired) electrons. The van der Waals surface area contributed by atoms with Gasteiger partial charge in [0.15, 0.2) is 0 Å². The van der Waals surface area contributed by atoms with E-state index in [4.69, 9.17) is 4.74 Å². The third-order valence-corrected chi connectivity index (χ3v) is 18.7. The molecule has 6 nitrogen and oxygen atoms in total. The second-order valence-electron chi connectivity index (χ2n) is 27.4. The van der Waals surface area contributed by atoms with Crippen molar-refractivity contribution in [1.82, 2.24) is 5.32 Å². The van der Waals surface area contributed by atoms with Gasteiger partial charge < -0.3 is 20.3 Å². The van der Waals surface area contributed by atoms with Crippen LogP contribution in [-0.4, -0.2) is 47.4 Å². The summed E-state index contributed by atoms with van der Waals surface area (Å²) in [5.74, 6) is -0.0161. The number of hydrogen-bond acceptors (Lipinski definition) is 5. The van der Waals surface area contributed by atoms with E-state index in [-0.39, 0.29) is 18.5 Å². The lowest BCUT2D eigenvalue weighted by molar-refractivity contribution is -0.143. The SMILES string of the molecule is CCCCCCCC/C=C\CCCCCCCCCCCC(=O)OCCCCCCCCCCCCCC/C=C\CCCCCCCCCCCCC(=O)NC(CO)C(O)CCCCCCCCCCCCCCCCCCCCCCCCCC. The maximum absolute atomic E-state index is 12.6. The van der Waals surface area contributed by atoms with E-state index in [0.29, 0.717) is 25.9 Å². The van der Waals surface area contributed by atoms with Crippen molar-refractivity contribution in [2.75, 3.05) is 13.2 Å². The molecule has 0 aromatic heterocycles. The number of amides is 1. The van der Waals surface area contributed by atoms with E-state index >= 15 is 0 Å². The predicted octanol–water partition coefficient (Wildman–Crippen LogP) is 26.0. The number of aliphatic hydroxyl groups is 2. The fraction of sp³-hybridized carbons (Fsp3) is 0.925. The van der Waals surface area contributed by atoms with Crippen molar-refractivity contribution in [3.63, 3.8) is 0 Å². The highest BCUT2D eigenvalue weighted by molar-refractivity contribution is 5.76. The van der Waals surface area contributed by atoms with Crippen LogP contribution in [0.5, 0.6) is 0 Å². The number of allylic oxidation sites excluding steroid dienone is 4. The summed E-state index contributed by atoms with van der Waals surface area (Å²) in [5, 5.41) is 23.5. The average molecular weight is 1210 g/mol. The summed E-state index contributed by atoms with van der Waals surface area (Å²) in [4.78, 5) is 24.7. The molecule has 0 fully saturated rings. The smallest absolute Gasteiger partial charge is 0.305 e. The Morgan fingerprint density at radius 1 is 0.314 bits per heavy atom. The highest BCUT2D eigenvalue weighted by Gasteiger charge is 2.20. The van der Waals surface area contributed by atoms with E-state index in [1.807, 2.05) is 0 Å². The first kappa shape index (κ1) is 84.3. The van der Waals surface area contributed by atoms with E-state index in [2.05, 4.69) is 43.5 Å². The molecule has 0 saturated heterocycles. The van der Waals surface area contributed by atoms with E-state index in [0.717, 1.165) is 38.5 Å². The number of unbranched alkanes of at least 4 members (excludes halogenated alkanes) is 60. The molecule has 3 N–H and O–H groups in total. The number of hydrogen-bond donors (Lipinski definition) is 3. The van der Waals surface area contributed by atoms with E-state index in [1.165, 1.54) is 379 Å². The lowest BCUT2D eigenvalue weighted by atomic mass is 10.0. The Morgan fingerprint density at radius 2 is 0.547 bits per heavy atom. The van der Waals surface area contributed by atoms with Gasteiger partial charge in [0.05, 0.1) is 25.4 Å². The number of nitrogens with one attached hydrogen (secondary N) is 1. The standard InChI is InChI=1S/C80H155NO5/c1-3-5-7-9-11-13-15-17-19-21-23-24-25-30-33-37-40-44-48-52-56-60-64-68-72-78(83)77(76-82)81-79(84)73-69-65-61-57-53-49-45-41-38-34-31-28-26-27-29-32-35-39-43-47-51-55-59-63-67-71-75-86-80(85)74-70-66-62-58-54-50-46-42-36-22-20-18-16-14-12-10-8-6-4-2/h18,20,26,28,77-78,82-83H,3-17,19,21-25,27,29-76H2,1-2H3,(H,81,84)/b20-18-,28-26-. The summed E-state index contributed by atoms with van der Waals surface area (Å²) < 4.78 is 5.51. The largest absolute Gasteiger partial charge is 0.466 e. The number of carbonyl (C=O) groups excluding carboxylic acids is 2. The van der Waals surface area contributed by atoms with Gasteiger partial charge in [0.25, 0.3) is 0 Å². The van der Waals surface area contributed by atoms with Gasteiger partial charge in [-0.2, -0.15) is 0 Å². The van der Waals surface area contributed by atoms with Gasteiger partial charge in [0.2, 0.25) is 5.91 Å². The van der Waals surface area contributed by atoms with Crippen molar-refractivity contribution >= 4 is 11.9 Å². The fourth-order valence-electron chi connectivity index (χ4n) is 12.7. The summed E-state index contributed by atoms with van der Waals surface area (Å²) in [6, 6.07) is -0.544. The molecule has 6 heteroatoms. The second-order valence-corrected chi connectivity index (χ2v) is 27.4. The molecule has 510 valence electrons. The van der Waals surface area contributed by atoms with Crippen LogP contribution in [0, 0.1) is 0 Å². The van der Waals surface area contributed by atoms with Crippen LogP contribution in [0.4, 0.5) is 0 Å². The van der Waals surface area contributed by atoms with Crippen molar-refractivity contribution in [2.24, 2.45) is 0 Å². The number of ether oxygens (including phenoxy) is 1. The predicted molar refractivity (Wildman–Crippen MR) is 380 cm³/mol. The minimum Gasteiger partial charge on any atom is -0.466 e. The Kier molecular flexibility index (Phi) is 74.3. The molecule has 0 rings (SSSR count). The molecule has 0 bridgehead atoms. The van der Waals surface area contributed by atoms with Gasteiger partial charge in [-0.15, -0.1) is 0 Å². The van der Waals surface area contributed by atoms with Crippen LogP contribution < -0.4 is 5.32 Å². The summed E-state index contributed by atoms with van der Waals surface area (Å²) in [6.45, 7) is 5.00. The highest BCUT2D eigenvalue weighted by atomic mass is 16.5. The number of aliphatic hydroxyl groups excluding tert-OH is 2. The summed E-state index contributed by atoms with van der Waals surface area (Å²) in [5.41, 5.74) is 0. The highest BCUT2D eigenvalue weighted by Crippen LogP contribution is 2.20.